The average molecular weight is 239 g/mol. The molecule has 0 aliphatic heterocycles. The van der Waals surface area contributed by atoms with Crippen LogP contribution in [0.3, 0.4) is 0 Å². The van der Waals surface area contributed by atoms with Crippen molar-refractivity contribution in [3.8, 4) is 0 Å². The molecule has 17 heavy (non-hydrogen) atoms. The van der Waals surface area contributed by atoms with E-state index < -0.39 is 11.8 Å². The Kier molecular flexibility index (Phi) is 4.49. The molecule has 2 N–H and O–H groups in total. The van der Waals surface area contributed by atoms with Crippen LogP contribution in [-0.4, -0.2) is 12.6 Å². The van der Waals surface area contributed by atoms with E-state index in [4.69, 9.17) is 10.5 Å². The Hall–Kier alpha value is -1.58. The lowest BCUT2D eigenvalue weighted by Gasteiger charge is -2.12. The largest absolute Gasteiger partial charge is 0.462 e. The van der Waals surface area contributed by atoms with E-state index in [0.29, 0.717) is 12.0 Å². The third-order valence-electron chi connectivity index (χ3n) is 2.47. The third kappa shape index (κ3) is 2.96. The number of carbonyl (C=O) groups is 1. The molecule has 1 aromatic rings. The van der Waals surface area contributed by atoms with Gasteiger partial charge in [0, 0.05) is 5.69 Å². The van der Waals surface area contributed by atoms with Gasteiger partial charge < -0.3 is 10.5 Å². The van der Waals surface area contributed by atoms with Crippen LogP contribution in [0.2, 0.25) is 0 Å². The van der Waals surface area contributed by atoms with Gasteiger partial charge in [-0.2, -0.15) is 0 Å². The molecule has 0 fully saturated rings. The fraction of sp³-hybridized carbons (Fsp3) is 0.462. The van der Waals surface area contributed by atoms with Gasteiger partial charge in [0.25, 0.3) is 0 Å². The summed E-state index contributed by atoms with van der Waals surface area (Å²) in [6.07, 6.45) is 0.692. The molecule has 0 aromatic heterocycles. The summed E-state index contributed by atoms with van der Waals surface area (Å²) in [6, 6.07) is 3.15. The number of hydrogen-bond donors (Lipinski definition) is 1. The number of ether oxygens (including phenoxy) is 1. The SMILES string of the molecule is CCCOC(=O)c1c(N)ccc(C(C)C)c1F. The predicted molar refractivity (Wildman–Crippen MR) is 65.5 cm³/mol. The maximum atomic E-state index is 14.1. The molecule has 3 nitrogen and oxygen atoms in total. The lowest BCUT2D eigenvalue weighted by molar-refractivity contribution is 0.0501. The summed E-state index contributed by atoms with van der Waals surface area (Å²) in [7, 11) is 0. The number of nitrogens with two attached hydrogens (primary N) is 1. The highest BCUT2D eigenvalue weighted by Gasteiger charge is 2.21. The Morgan fingerprint density at radius 3 is 2.65 bits per heavy atom. The molecule has 94 valence electrons. The first kappa shape index (κ1) is 13.5. The van der Waals surface area contributed by atoms with Gasteiger partial charge in [0.1, 0.15) is 11.4 Å². The van der Waals surface area contributed by atoms with E-state index in [-0.39, 0.29) is 23.8 Å². The molecule has 0 spiro atoms. The van der Waals surface area contributed by atoms with Gasteiger partial charge in [-0.05, 0) is 24.0 Å². The minimum atomic E-state index is -0.690. The number of hydrogen-bond acceptors (Lipinski definition) is 3. The quantitative estimate of drug-likeness (QED) is 0.648. The second kappa shape index (κ2) is 5.66. The van der Waals surface area contributed by atoms with Crippen molar-refractivity contribution in [2.45, 2.75) is 33.1 Å². The Labute approximate surface area is 101 Å². The van der Waals surface area contributed by atoms with Crippen LogP contribution in [0.15, 0.2) is 12.1 Å². The van der Waals surface area contributed by atoms with Crippen LogP contribution in [0, 0.1) is 5.82 Å². The van der Waals surface area contributed by atoms with Gasteiger partial charge in [-0.1, -0.05) is 26.8 Å². The maximum Gasteiger partial charge on any atom is 0.343 e. The topological polar surface area (TPSA) is 52.3 Å². The van der Waals surface area contributed by atoms with Crippen LogP contribution in [0.1, 0.15) is 49.0 Å². The monoisotopic (exact) mass is 239 g/mol. The van der Waals surface area contributed by atoms with E-state index in [9.17, 15) is 9.18 Å². The highest BCUT2D eigenvalue weighted by Crippen LogP contribution is 2.26. The van der Waals surface area contributed by atoms with Gasteiger partial charge >= 0.3 is 5.97 Å². The molecule has 1 aromatic carbocycles. The van der Waals surface area contributed by atoms with Gasteiger partial charge in [0.15, 0.2) is 0 Å². The first-order valence-corrected chi connectivity index (χ1v) is 5.74. The van der Waals surface area contributed by atoms with Crippen LogP contribution in [0.5, 0.6) is 0 Å². The summed E-state index contributed by atoms with van der Waals surface area (Å²) >= 11 is 0. The number of halogens is 1. The summed E-state index contributed by atoms with van der Waals surface area (Å²) in [5.74, 6) is -1.27. The van der Waals surface area contributed by atoms with Crippen molar-refractivity contribution in [3.05, 3.63) is 29.1 Å². The van der Waals surface area contributed by atoms with Crippen LogP contribution in [0.25, 0.3) is 0 Å². The van der Waals surface area contributed by atoms with Crippen molar-refractivity contribution in [2.24, 2.45) is 0 Å². The number of esters is 1. The second-order valence-electron chi connectivity index (χ2n) is 4.22. The van der Waals surface area contributed by atoms with E-state index in [0.717, 1.165) is 0 Å². The molecular formula is C13H18FNO2. The number of anilines is 1. The second-order valence-corrected chi connectivity index (χ2v) is 4.22. The van der Waals surface area contributed by atoms with Crippen molar-refractivity contribution in [2.75, 3.05) is 12.3 Å². The number of nitrogen functional groups attached to an aromatic ring is 1. The average Bonchev–Trinajstić information content (AvgIpc) is 2.25. The van der Waals surface area contributed by atoms with Crippen molar-refractivity contribution < 1.29 is 13.9 Å². The van der Waals surface area contributed by atoms with Gasteiger partial charge in [0.05, 0.1) is 6.61 Å². The molecule has 0 saturated heterocycles. The fourth-order valence-electron chi connectivity index (χ4n) is 1.53. The Bertz CT molecular complexity index is 416. The zero-order valence-electron chi connectivity index (χ0n) is 10.4. The van der Waals surface area contributed by atoms with E-state index in [1.54, 1.807) is 12.1 Å². The molecule has 0 atom stereocenters. The maximum absolute atomic E-state index is 14.1. The van der Waals surface area contributed by atoms with E-state index in [1.807, 2.05) is 20.8 Å². The molecule has 0 amide bonds. The van der Waals surface area contributed by atoms with Gasteiger partial charge in [-0.25, -0.2) is 9.18 Å². The summed E-state index contributed by atoms with van der Waals surface area (Å²) in [4.78, 5) is 11.7. The Morgan fingerprint density at radius 2 is 2.12 bits per heavy atom. The Balaban J connectivity index is 3.13. The minimum Gasteiger partial charge on any atom is -0.462 e. The smallest absolute Gasteiger partial charge is 0.343 e. The van der Waals surface area contributed by atoms with Crippen molar-refractivity contribution in [1.29, 1.82) is 0 Å². The van der Waals surface area contributed by atoms with E-state index in [2.05, 4.69) is 0 Å². The highest BCUT2D eigenvalue weighted by molar-refractivity contribution is 5.95. The molecule has 1 rings (SSSR count). The van der Waals surface area contributed by atoms with Crippen molar-refractivity contribution in [1.82, 2.24) is 0 Å². The van der Waals surface area contributed by atoms with Crippen LogP contribution in [-0.2, 0) is 4.74 Å². The number of rotatable bonds is 4. The zero-order valence-corrected chi connectivity index (χ0v) is 10.4. The zero-order chi connectivity index (χ0) is 13.0. The van der Waals surface area contributed by atoms with Gasteiger partial charge in [0.2, 0.25) is 0 Å². The van der Waals surface area contributed by atoms with Crippen LogP contribution < -0.4 is 5.73 Å². The van der Waals surface area contributed by atoms with Gasteiger partial charge in [-0.15, -0.1) is 0 Å². The van der Waals surface area contributed by atoms with E-state index in [1.165, 1.54) is 0 Å². The van der Waals surface area contributed by atoms with Crippen molar-refractivity contribution in [3.63, 3.8) is 0 Å². The molecule has 0 bridgehead atoms. The number of carbonyl (C=O) groups excluding carboxylic acids is 1. The predicted octanol–water partition coefficient (Wildman–Crippen LogP) is 3.10. The summed E-state index contributed by atoms with van der Waals surface area (Å²) in [5, 5.41) is 0. The van der Waals surface area contributed by atoms with E-state index >= 15 is 0 Å². The summed E-state index contributed by atoms with van der Waals surface area (Å²) in [6.45, 7) is 5.85. The molecular weight excluding hydrogens is 221 g/mol. The minimum absolute atomic E-state index is 0.00618. The summed E-state index contributed by atoms with van der Waals surface area (Å²) in [5.41, 5.74) is 6.07. The summed E-state index contributed by atoms with van der Waals surface area (Å²) < 4.78 is 19.0. The highest BCUT2D eigenvalue weighted by atomic mass is 19.1. The fourth-order valence-corrected chi connectivity index (χ4v) is 1.53. The van der Waals surface area contributed by atoms with Crippen LogP contribution >= 0.6 is 0 Å². The molecule has 0 saturated carbocycles. The Morgan fingerprint density at radius 1 is 1.47 bits per heavy atom. The molecule has 0 unspecified atom stereocenters. The molecule has 0 radical (unpaired) electrons. The van der Waals surface area contributed by atoms with Crippen molar-refractivity contribution >= 4 is 11.7 Å². The first-order valence-electron chi connectivity index (χ1n) is 5.74. The van der Waals surface area contributed by atoms with Crippen LogP contribution in [0.4, 0.5) is 10.1 Å². The molecule has 0 heterocycles. The number of benzene rings is 1. The first-order chi connectivity index (χ1) is 7.99. The third-order valence-corrected chi connectivity index (χ3v) is 2.47. The van der Waals surface area contributed by atoms with Gasteiger partial charge in [-0.3, -0.25) is 0 Å². The molecule has 0 aliphatic carbocycles. The standard InChI is InChI=1S/C13H18FNO2/c1-4-7-17-13(16)11-10(15)6-5-9(8(2)3)12(11)14/h5-6,8H,4,7,15H2,1-3H3. The molecule has 0 aliphatic rings. The normalized spacial score (nSPS) is 10.6. The lowest BCUT2D eigenvalue weighted by atomic mass is 9.98. The molecule has 4 heteroatoms. The lowest BCUT2D eigenvalue weighted by Crippen LogP contribution is -2.13.